The summed E-state index contributed by atoms with van der Waals surface area (Å²) in [7, 11) is 0. The Kier molecular flexibility index (Phi) is 1.63. The molecule has 0 atom stereocenters. The minimum Gasteiger partial charge on any atom is -0.0599 e. The first kappa shape index (κ1) is 8.59. The molecule has 2 fully saturated rings. The fourth-order valence-electron chi connectivity index (χ4n) is 3.82. The first-order valence-corrected chi connectivity index (χ1v) is 5.38. The van der Waals surface area contributed by atoms with Crippen molar-refractivity contribution >= 4 is 0 Å². The average Bonchev–Trinajstić information content (AvgIpc) is 2.12. The zero-order chi connectivity index (χ0) is 8.98. The van der Waals surface area contributed by atoms with Gasteiger partial charge in [0.25, 0.3) is 0 Å². The molecule has 70 valence electrons. The van der Waals surface area contributed by atoms with Gasteiger partial charge in [-0.25, -0.2) is 0 Å². The van der Waals surface area contributed by atoms with Gasteiger partial charge in [0.15, 0.2) is 0 Å². The molecular formula is C12H22. The fourth-order valence-corrected chi connectivity index (χ4v) is 3.82. The van der Waals surface area contributed by atoms with E-state index in [-0.39, 0.29) is 0 Å². The van der Waals surface area contributed by atoms with Crippen molar-refractivity contribution in [3.8, 4) is 0 Å². The minimum absolute atomic E-state index is 0.659. The van der Waals surface area contributed by atoms with Crippen LogP contribution in [-0.2, 0) is 0 Å². The van der Waals surface area contributed by atoms with Crippen LogP contribution in [0, 0.1) is 22.7 Å². The zero-order valence-electron chi connectivity index (χ0n) is 8.98. The van der Waals surface area contributed by atoms with E-state index in [9.17, 15) is 0 Å². The van der Waals surface area contributed by atoms with E-state index in [1.165, 1.54) is 25.7 Å². The Morgan fingerprint density at radius 2 is 0.917 bits per heavy atom. The van der Waals surface area contributed by atoms with Crippen molar-refractivity contribution in [2.75, 3.05) is 0 Å². The smallest absolute Gasteiger partial charge is 0.0349 e. The first-order valence-electron chi connectivity index (χ1n) is 5.38. The van der Waals surface area contributed by atoms with Gasteiger partial charge >= 0.3 is 0 Å². The summed E-state index contributed by atoms with van der Waals surface area (Å²) in [5.74, 6) is 2.13. The second-order valence-electron chi connectivity index (χ2n) is 6.67. The van der Waals surface area contributed by atoms with Gasteiger partial charge < -0.3 is 0 Å². The van der Waals surface area contributed by atoms with Crippen LogP contribution in [0.1, 0.15) is 53.4 Å². The van der Waals surface area contributed by atoms with Crippen LogP contribution in [-0.4, -0.2) is 0 Å². The molecule has 0 heteroatoms. The molecule has 0 aromatic carbocycles. The third-order valence-electron chi connectivity index (χ3n) is 3.93. The third kappa shape index (κ3) is 1.41. The predicted octanol–water partition coefficient (Wildman–Crippen LogP) is 3.86. The molecule has 2 aliphatic rings. The third-order valence-corrected chi connectivity index (χ3v) is 3.93. The second-order valence-corrected chi connectivity index (χ2v) is 6.67. The van der Waals surface area contributed by atoms with Crippen LogP contribution in [0.25, 0.3) is 0 Å². The molecule has 0 aromatic rings. The van der Waals surface area contributed by atoms with E-state index in [1.807, 2.05) is 0 Å². The largest absolute Gasteiger partial charge is 0.0599 e. The molecule has 0 unspecified atom stereocenters. The Balaban J connectivity index is 2.07. The van der Waals surface area contributed by atoms with Gasteiger partial charge in [-0.3, -0.25) is 0 Å². The molecule has 0 aliphatic heterocycles. The number of hydrogen-bond acceptors (Lipinski definition) is 0. The molecule has 0 nitrogen and oxygen atoms in total. The molecule has 2 saturated carbocycles. The monoisotopic (exact) mass is 166 g/mol. The highest BCUT2D eigenvalue weighted by Gasteiger charge is 2.47. The summed E-state index contributed by atoms with van der Waals surface area (Å²) in [6, 6.07) is 0. The highest BCUT2D eigenvalue weighted by Crippen LogP contribution is 2.57. The Labute approximate surface area is 76.7 Å². The molecule has 0 radical (unpaired) electrons. The van der Waals surface area contributed by atoms with Crippen LogP contribution in [0.15, 0.2) is 0 Å². The first-order chi connectivity index (χ1) is 5.38. The molecule has 0 amide bonds. The summed E-state index contributed by atoms with van der Waals surface area (Å²) in [4.78, 5) is 0. The summed E-state index contributed by atoms with van der Waals surface area (Å²) in [5.41, 5.74) is 1.32. The summed E-state index contributed by atoms with van der Waals surface area (Å²) >= 11 is 0. The van der Waals surface area contributed by atoms with E-state index in [2.05, 4.69) is 27.7 Å². The van der Waals surface area contributed by atoms with Crippen molar-refractivity contribution in [3.05, 3.63) is 0 Å². The second kappa shape index (κ2) is 2.27. The normalized spacial score (nSPS) is 43.0. The minimum atomic E-state index is 0.659. The molecule has 0 N–H and O–H groups in total. The molecular weight excluding hydrogens is 144 g/mol. The van der Waals surface area contributed by atoms with Gasteiger partial charge in [-0.2, -0.15) is 0 Å². The Morgan fingerprint density at radius 3 is 1.17 bits per heavy atom. The van der Waals surface area contributed by atoms with E-state index < -0.39 is 0 Å². The zero-order valence-corrected chi connectivity index (χ0v) is 8.98. The van der Waals surface area contributed by atoms with E-state index in [4.69, 9.17) is 0 Å². The maximum absolute atomic E-state index is 2.44. The van der Waals surface area contributed by atoms with Crippen molar-refractivity contribution in [1.29, 1.82) is 0 Å². The van der Waals surface area contributed by atoms with Gasteiger partial charge in [-0.15, -0.1) is 0 Å². The van der Waals surface area contributed by atoms with Gasteiger partial charge in [0.05, 0.1) is 0 Å². The highest BCUT2D eigenvalue weighted by molar-refractivity contribution is 4.97. The highest BCUT2D eigenvalue weighted by atomic mass is 14.5. The van der Waals surface area contributed by atoms with Crippen molar-refractivity contribution in [1.82, 2.24) is 0 Å². The fraction of sp³-hybridized carbons (Fsp3) is 1.00. The molecule has 0 saturated heterocycles. The van der Waals surface area contributed by atoms with Crippen LogP contribution < -0.4 is 0 Å². The number of rotatable bonds is 0. The van der Waals surface area contributed by atoms with Crippen LogP contribution in [0.5, 0.6) is 0 Å². The lowest BCUT2D eigenvalue weighted by atomic mass is 9.82. The topological polar surface area (TPSA) is 0 Å². The predicted molar refractivity (Wildman–Crippen MR) is 53.0 cm³/mol. The van der Waals surface area contributed by atoms with E-state index in [1.54, 1.807) is 0 Å². The van der Waals surface area contributed by atoms with E-state index >= 15 is 0 Å². The quantitative estimate of drug-likeness (QED) is 0.512. The summed E-state index contributed by atoms with van der Waals surface area (Å²) in [6.45, 7) is 9.77. The summed E-state index contributed by atoms with van der Waals surface area (Å²) < 4.78 is 0. The van der Waals surface area contributed by atoms with Crippen molar-refractivity contribution in [2.45, 2.75) is 53.4 Å². The van der Waals surface area contributed by atoms with Gasteiger partial charge in [0, 0.05) is 0 Å². The van der Waals surface area contributed by atoms with E-state index in [0.29, 0.717) is 10.8 Å². The Hall–Kier alpha value is 0. The van der Waals surface area contributed by atoms with Gasteiger partial charge in [0.1, 0.15) is 0 Å². The molecule has 12 heavy (non-hydrogen) atoms. The molecule has 0 aromatic heterocycles. The standard InChI is InChI=1S/C12H22/c1-11(2)5-9-7-12(3,4)8-10(9)6-11/h9-10H,5-8H2,1-4H3. The maximum atomic E-state index is 2.44. The lowest BCUT2D eigenvalue weighted by Gasteiger charge is -2.23. The van der Waals surface area contributed by atoms with Crippen LogP contribution in [0.2, 0.25) is 0 Å². The Bertz CT molecular complexity index is 150. The van der Waals surface area contributed by atoms with Crippen molar-refractivity contribution < 1.29 is 0 Å². The van der Waals surface area contributed by atoms with Gasteiger partial charge in [0.2, 0.25) is 0 Å². The number of fused-ring (bicyclic) bond motifs is 1. The molecule has 0 bridgehead atoms. The van der Waals surface area contributed by atoms with Crippen molar-refractivity contribution in [2.24, 2.45) is 22.7 Å². The summed E-state index contributed by atoms with van der Waals surface area (Å²) in [6.07, 6.45) is 5.95. The van der Waals surface area contributed by atoms with Crippen LogP contribution in [0.4, 0.5) is 0 Å². The van der Waals surface area contributed by atoms with E-state index in [0.717, 1.165) is 11.8 Å². The molecule has 2 aliphatic carbocycles. The molecule has 2 rings (SSSR count). The molecule has 0 spiro atoms. The van der Waals surface area contributed by atoms with Crippen LogP contribution in [0.3, 0.4) is 0 Å². The summed E-state index contributed by atoms with van der Waals surface area (Å²) in [5, 5.41) is 0. The molecule has 0 heterocycles. The van der Waals surface area contributed by atoms with Gasteiger partial charge in [-0.05, 0) is 48.3 Å². The Morgan fingerprint density at radius 1 is 0.667 bits per heavy atom. The van der Waals surface area contributed by atoms with Crippen LogP contribution >= 0.6 is 0 Å². The average molecular weight is 166 g/mol. The van der Waals surface area contributed by atoms with Gasteiger partial charge in [-0.1, -0.05) is 27.7 Å². The maximum Gasteiger partial charge on any atom is -0.0349 e. The van der Waals surface area contributed by atoms with Crippen molar-refractivity contribution in [3.63, 3.8) is 0 Å². The number of hydrogen-bond donors (Lipinski definition) is 0. The lowest BCUT2D eigenvalue weighted by Crippen LogP contribution is -2.12. The SMILES string of the molecule is CC1(C)CC2CC(C)(C)CC2C1. The lowest BCUT2D eigenvalue weighted by molar-refractivity contribution is 0.279.